The summed E-state index contributed by atoms with van der Waals surface area (Å²) in [7, 11) is 0. The first-order chi connectivity index (χ1) is 13.4. The summed E-state index contributed by atoms with van der Waals surface area (Å²) in [4.78, 5) is 23.5. The fraction of sp³-hybridized carbons (Fsp3) is 0.105. The second kappa shape index (κ2) is 7.87. The maximum absolute atomic E-state index is 14.0. The van der Waals surface area contributed by atoms with Gasteiger partial charge in [-0.15, -0.1) is 0 Å². The van der Waals surface area contributed by atoms with Crippen molar-refractivity contribution in [3.8, 4) is 5.69 Å². The molecule has 1 aromatic heterocycles. The van der Waals surface area contributed by atoms with Crippen molar-refractivity contribution in [2.75, 3.05) is 11.9 Å². The molecule has 0 bridgehead atoms. The molecule has 4 N–H and O–H groups in total. The molecule has 1 heterocycles. The van der Waals surface area contributed by atoms with Gasteiger partial charge in [0.25, 0.3) is 11.8 Å². The van der Waals surface area contributed by atoms with Gasteiger partial charge in [0.2, 0.25) is 0 Å². The van der Waals surface area contributed by atoms with Crippen LogP contribution in [-0.2, 0) is 0 Å². The normalized spacial score (nSPS) is 10.5. The Morgan fingerprint density at radius 2 is 1.75 bits per heavy atom. The van der Waals surface area contributed by atoms with E-state index in [2.05, 4.69) is 15.7 Å². The number of halogens is 2. The Balaban J connectivity index is 1.93. The van der Waals surface area contributed by atoms with Crippen LogP contribution in [0.1, 0.15) is 27.8 Å². The smallest absolute Gasteiger partial charge is 0.271 e. The molecule has 0 aliphatic heterocycles. The van der Waals surface area contributed by atoms with Gasteiger partial charge in [0.05, 0.1) is 11.9 Å². The van der Waals surface area contributed by atoms with Gasteiger partial charge in [-0.25, -0.2) is 13.5 Å². The molecule has 0 atom stereocenters. The molecule has 3 aromatic rings. The number of nitrogens with zero attached hydrogens (tertiary/aromatic N) is 2. The predicted octanol–water partition coefficient (Wildman–Crippen LogP) is 2.74. The summed E-state index contributed by atoms with van der Waals surface area (Å²) in [5, 5.41) is 9.51. The third-order valence-corrected chi connectivity index (χ3v) is 3.88. The van der Waals surface area contributed by atoms with Gasteiger partial charge < -0.3 is 16.4 Å². The van der Waals surface area contributed by atoms with Crippen LogP contribution in [0.3, 0.4) is 0 Å². The second-order valence-electron chi connectivity index (χ2n) is 5.83. The van der Waals surface area contributed by atoms with E-state index in [-0.39, 0.29) is 17.3 Å². The summed E-state index contributed by atoms with van der Waals surface area (Å²) >= 11 is 0. The van der Waals surface area contributed by atoms with Crippen molar-refractivity contribution >= 4 is 23.2 Å². The van der Waals surface area contributed by atoms with Crippen LogP contribution in [0.2, 0.25) is 0 Å². The topological polar surface area (TPSA) is 102 Å². The maximum Gasteiger partial charge on any atom is 0.271 e. The van der Waals surface area contributed by atoms with Crippen molar-refractivity contribution in [1.29, 1.82) is 0 Å². The van der Waals surface area contributed by atoms with Crippen LogP contribution in [0.15, 0.2) is 48.7 Å². The molecule has 2 amide bonds. The zero-order valence-corrected chi connectivity index (χ0v) is 14.9. The molecule has 3 rings (SSSR count). The molecule has 0 saturated carbocycles. The fourth-order valence-electron chi connectivity index (χ4n) is 2.59. The molecule has 9 heteroatoms. The zero-order chi connectivity index (χ0) is 20.3. The Labute approximate surface area is 159 Å². The van der Waals surface area contributed by atoms with Crippen molar-refractivity contribution < 1.29 is 18.4 Å². The van der Waals surface area contributed by atoms with Crippen LogP contribution >= 0.6 is 0 Å². The van der Waals surface area contributed by atoms with E-state index >= 15 is 0 Å². The number of primary amides is 1. The molecule has 0 saturated heterocycles. The number of carbonyl (C=O) groups is 2. The van der Waals surface area contributed by atoms with E-state index in [1.165, 1.54) is 12.3 Å². The van der Waals surface area contributed by atoms with E-state index in [4.69, 9.17) is 5.73 Å². The summed E-state index contributed by atoms with van der Waals surface area (Å²) in [6, 6.07) is 9.82. The Hall–Kier alpha value is -3.75. The summed E-state index contributed by atoms with van der Waals surface area (Å²) in [6.07, 6.45) is 1.26. The lowest BCUT2D eigenvalue weighted by Crippen LogP contribution is -2.22. The van der Waals surface area contributed by atoms with E-state index in [0.29, 0.717) is 17.8 Å². The standard InChI is InChI=1S/C19H17F2N5O2/c1-2-23-19(28)11-6-8-12(9-7-11)24-15-10-26(25-16(15)18(22)27)17-13(20)4-3-5-14(17)21/h3-10,24H,2H2,1H3,(H2,22,27)(H,23,28). The molecule has 0 aliphatic carbocycles. The molecule has 0 spiro atoms. The molecule has 144 valence electrons. The zero-order valence-electron chi connectivity index (χ0n) is 14.9. The molecule has 0 radical (unpaired) electrons. The third-order valence-electron chi connectivity index (χ3n) is 3.88. The van der Waals surface area contributed by atoms with Gasteiger partial charge in [-0.2, -0.15) is 5.10 Å². The Morgan fingerprint density at radius 1 is 1.11 bits per heavy atom. The molecular formula is C19H17F2N5O2. The van der Waals surface area contributed by atoms with E-state index in [9.17, 15) is 18.4 Å². The molecule has 0 unspecified atom stereocenters. The maximum atomic E-state index is 14.0. The molecular weight excluding hydrogens is 368 g/mol. The Bertz CT molecular complexity index is 1010. The average Bonchev–Trinajstić information content (AvgIpc) is 3.06. The van der Waals surface area contributed by atoms with Gasteiger partial charge in [-0.3, -0.25) is 9.59 Å². The minimum absolute atomic E-state index is 0.168. The fourth-order valence-corrected chi connectivity index (χ4v) is 2.59. The van der Waals surface area contributed by atoms with Crippen molar-refractivity contribution in [3.05, 3.63) is 71.6 Å². The van der Waals surface area contributed by atoms with Crippen molar-refractivity contribution in [1.82, 2.24) is 15.1 Å². The van der Waals surface area contributed by atoms with Gasteiger partial charge in [0, 0.05) is 17.8 Å². The lowest BCUT2D eigenvalue weighted by molar-refractivity contribution is 0.0954. The molecule has 28 heavy (non-hydrogen) atoms. The highest BCUT2D eigenvalue weighted by Crippen LogP contribution is 2.24. The first kappa shape index (κ1) is 19.0. The number of amides is 2. The van der Waals surface area contributed by atoms with E-state index in [1.807, 2.05) is 6.92 Å². The van der Waals surface area contributed by atoms with Crippen molar-refractivity contribution in [2.45, 2.75) is 6.92 Å². The summed E-state index contributed by atoms with van der Waals surface area (Å²) in [6.45, 7) is 2.32. The number of nitrogens with two attached hydrogens (primary N) is 1. The third kappa shape index (κ3) is 3.83. The van der Waals surface area contributed by atoms with Crippen LogP contribution < -0.4 is 16.4 Å². The Kier molecular flexibility index (Phi) is 5.35. The van der Waals surface area contributed by atoms with Crippen LogP contribution in [0.5, 0.6) is 0 Å². The van der Waals surface area contributed by atoms with E-state index < -0.39 is 23.2 Å². The number of hydrogen-bond acceptors (Lipinski definition) is 4. The monoisotopic (exact) mass is 385 g/mol. The molecule has 0 fully saturated rings. The number of hydrogen-bond donors (Lipinski definition) is 3. The van der Waals surface area contributed by atoms with Gasteiger partial charge in [-0.05, 0) is 43.3 Å². The number of benzene rings is 2. The highest BCUT2D eigenvalue weighted by Gasteiger charge is 2.19. The quantitative estimate of drug-likeness (QED) is 0.607. The number of anilines is 2. The summed E-state index contributed by atoms with van der Waals surface area (Å²) < 4.78 is 28.9. The lowest BCUT2D eigenvalue weighted by Gasteiger charge is -2.07. The molecule has 7 nitrogen and oxygen atoms in total. The highest BCUT2D eigenvalue weighted by atomic mass is 19.1. The first-order valence-electron chi connectivity index (χ1n) is 8.40. The van der Waals surface area contributed by atoms with Crippen molar-refractivity contribution in [3.63, 3.8) is 0 Å². The number of carbonyl (C=O) groups excluding carboxylic acids is 2. The first-order valence-corrected chi connectivity index (χ1v) is 8.40. The van der Waals surface area contributed by atoms with Gasteiger partial charge in [-0.1, -0.05) is 6.07 Å². The van der Waals surface area contributed by atoms with E-state index in [1.54, 1.807) is 24.3 Å². The number of nitrogens with one attached hydrogen (secondary N) is 2. The molecule has 0 aliphatic rings. The number of para-hydroxylation sites is 1. The minimum Gasteiger partial charge on any atom is -0.364 e. The number of rotatable bonds is 6. The Morgan fingerprint density at radius 3 is 2.32 bits per heavy atom. The van der Waals surface area contributed by atoms with Crippen LogP contribution in [-0.4, -0.2) is 28.1 Å². The van der Waals surface area contributed by atoms with Gasteiger partial charge in [0.1, 0.15) is 5.69 Å². The minimum atomic E-state index is -0.864. The van der Waals surface area contributed by atoms with Crippen LogP contribution in [0.25, 0.3) is 5.69 Å². The average molecular weight is 385 g/mol. The SMILES string of the molecule is CCNC(=O)c1ccc(Nc2cn(-c3c(F)cccc3F)nc2C(N)=O)cc1. The second-order valence-corrected chi connectivity index (χ2v) is 5.83. The van der Waals surface area contributed by atoms with Crippen molar-refractivity contribution in [2.24, 2.45) is 5.73 Å². The summed E-state index contributed by atoms with van der Waals surface area (Å²) in [5.74, 6) is -2.75. The highest BCUT2D eigenvalue weighted by molar-refractivity contribution is 5.97. The lowest BCUT2D eigenvalue weighted by atomic mass is 10.2. The van der Waals surface area contributed by atoms with Crippen LogP contribution in [0, 0.1) is 11.6 Å². The number of aromatic nitrogens is 2. The predicted molar refractivity (Wildman–Crippen MR) is 99.7 cm³/mol. The van der Waals surface area contributed by atoms with Crippen LogP contribution in [0.4, 0.5) is 20.2 Å². The van der Waals surface area contributed by atoms with Gasteiger partial charge in [0.15, 0.2) is 17.3 Å². The van der Waals surface area contributed by atoms with E-state index in [0.717, 1.165) is 16.8 Å². The van der Waals surface area contributed by atoms with Gasteiger partial charge >= 0.3 is 0 Å². The summed E-state index contributed by atoms with van der Waals surface area (Å²) in [5.41, 5.74) is 5.89. The largest absolute Gasteiger partial charge is 0.364 e. The molecule has 2 aromatic carbocycles.